The van der Waals surface area contributed by atoms with E-state index in [0.29, 0.717) is 0 Å². The van der Waals surface area contributed by atoms with E-state index in [9.17, 15) is 0 Å². The van der Waals surface area contributed by atoms with Gasteiger partial charge in [-0.15, -0.1) is 0 Å². The topological polar surface area (TPSA) is 34.4 Å². The maximum absolute atomic E-state index is 5.58. The quantitative estimate of drug-likeness (QED) is 0.847. The molecule has 2 saturated heterocycles. The molecule has 2 fully saturated rings. The van der Waals surface area contributed by atoms with E-state index in [1.165, 1.54) is 25.8 Å². The first-order valence-corrected chi connectivity index (χ1v) is 6.22. The molecule has 16 heavy (non-hydrogen) atoms. The highest BCUT2D eigenvalue weighted by Gasteiger charge is 2.44. The lowest BCUT2D eigenvalue weighted by Crippen LogP contribution is -2.49. The molecule has 0 bridgehead atoms. The number of piperidine rings is 1. The fourth-order valence-electron chi connectivity index (χ4n) is 2.94. The second kappa shape index (κ2) is 4.22. The summed E-state index contributed by atoms with van der Waals surface area (Å²) >= 11 is 0. The van der Waals surface area contributed by atoms with Crippen molar-refractivity contribution in [2.45, 2.75) is 24.7 Å². The summed E-state index contributed by atoms with van der Waals surface area (Å²) in [5, 5.41) is 3.48. The normalized spacial score (nSPS) is 28.6. The van der Waals surface area contributed by atoms with Gasteiger partial charge in [0.05, 0.1) is 24.9 Å². The molecule has 1 atom stereocenters. The lowest BCUT2D eigenvalue weighted by Gasteiger charge is -2.42. The molecule has 3 rings (SSSR count). The number of rotatable bonds is 3. The van der Waals surface area contributed by atoms with Crippen LogP contribution in [0.25, 0.3) is 0 Å². The minimum absolute atomic E-state index is 0.174. The van der Waals surface area contributed by atoms with Gasteiger partial charge in [0.25, 0.3) is 0 Å². The van der Waals surface area contributed by atoms with Gasteiger partial charge in [-0.3, -0.25) is 0 Å². The van der Waals surface area contributed by atoms with Crippen molar-refractivity contribution in [2.24, 2.45) is 5.92 Å². The van der Waals surface area contributed by atoms with Gasteiger partial charge in [0.1, 0.15) is 5.76 Å². The van der Waals surface area contributed by atoms with E-state index in [1.54, 1.807) is 6.26 Å². The van der Waals surface area contributed by atoms with Gasteiger partial charge >= 0.3 is 0 Å². The van der Waals surface area contributed by atoms with Crippen molar-refractivity contribution < 1.29 is 9.15 Å². The van der Waals surface area contributed by atoms with E-state index in [-0.39, 0.29) is 5.41 Å². The summed E-state index contributed by atoms with van der Waals surface area (Å²) in [6.45, 7) is 4.00. The molecule has 3 nitrogen and oxygen atoms in total. The largest absolute Gasteiger partial charge is 0.469 e. The maximum Gasteiger partial charge on any atom is 0.114 e. The molecule has 0 spiro atoms. The summed E-state index contributed by atoms with van der Waals surface area (Å²) in [7, 11) is 0. The molecular weight excluding hydrogens is 202 g/mol. The average Bonchev–Trinajstić information content (AvgIpc) is 2.78. The zero-order chi connectivity index (χ0) is 10.8. The van der Waals surface area contributed by atoms with Gasteiger partial charge in [0.15, 0.2) is 0 Å². The van der Waals surface area contributed by atoms with Gasteiger partial charge in [-0.2, -0.15) is 0 Å². The van der Waals surface area contributed by atoms with E-state index in [4.69, 9.17) is 9.15 Å². The number of nitrogens with one attached hydrogen (secondary N) is 1. The van der Waals surface area contributed by atoms with Gasteiger partial charge in [0, 0.05) is 0 Å². The van der Waals surface area contributed by atoms with Crippen molar-refractivity contribution in [2.75, 3.05) is 26.3 Å². The zero-order valence-electron chi connectivity index (χ0n) is 9.58. The Hall–Kier alpha value is -0.800. The van der Waals surface area contributed by atoms with Crippen LogP contribution in [-0.2, 0) is 10.2 Å². The van der Waals surface area contributed by atoms with Crippen LogP contribution in [0.4, 0.5) is 0 Å². The maximum atomic E-state index is 5.58. The van der Waals surface area contributed by atoms with Crippen molar-refractivity contribution in [3.8, 4) is 0 Å². The number of ether oxygens (including phenoxy) is 1. The standard InChI is InChI=1S/C13H19NO2/c1-3-11(8-14-5-1)7-13(9-15-10-13)12-4-2-6-16-12/h2,4,6,11,14H,1,3,5,7-10H2. The Morgan fingerprint density at radius 3 is 2.94 bits per heavy atom. The van der Waals surface area contributed by atoms with E-state index in [2.05, 4.69) is 11.4 Å². The fraction of sp³-hybridized carbons (Fsp3) is 0.692. The predicted octanol–water partition coefficient (Wildman–Crippen LogP) is 1.94. The van der Waals surface area contributed by atoms with Gasteiger partial charge in [-0.05, 0) is 50.4 Å². The summed E-state index contributed by atoms with van der Waals surface area (Å²) in [5.41, 5.74) is 0.174. The SMILES string of the molecule is c1coc(C2(CC3CCCNC3)COC2)c1. The second-order valence-electron chi connectivity index (χ2n) is 5.17. The molecular formula is C13H19NO2. The molecule has 2 aliphatic heterocycles. The predicted molar refractivity (Wildman–Crippen MR) is 61.4 cm³/mol. The minimum Gasteiger partial charge on any atom is -0.469 e. The van der Waals surface area contributed by atoms with Crippen LogP contribution in [-0.4, -0.2) is 26.3 Å². The Bertz CT molecular complexity index is 324. The summed E-state index contributed by atoms with van der Waals surface area (Å²) in [6.07, 6.45) is 5.62. The lowest BCUT2D eigenvalue weighted by atomic mass is 9.74. The third-order valence-electron chi connectivity index (χ3n) is 3.88. The molecule has 2 aliphatic rings. The lowest BCUT2D eigenvalue weighted by molar-refractivity contribution is -0.0824. The molecule has 3 heterocycles. The first kappa shape index (κ1) is 10.4. The molecule has 0 radical (unpaired) electrons. The zero-order valence-corrected chi connectivity index (χ0v) is 9.58. The highest BCUT2D eigenvalue weighted by Crippen LogP contribution is 2.39. The molecule has 1 aromatic rings. The van der Waals surface area contributed by atoms with Crippen LogP contribution in [0.2, 0.25) is 0 Å². The second-order valence-corrected chi connectivity index (χ2v) is 5.17. The first-order chi connectivity index (χ1) is 7.89. The summed E-state index contributed by atoms with van der Waals surface area (Å²) in [5.74, 6) is 1.90. The van der Waals surface area contributed by atoms with Crippen LogP contribution in [0.3, 0.4) is 0 Å². The highest BCUT2D eigenvalue weighted by atomic mass is 16.5. The van der Waals surface area contributed by atoms with Crippen molar-refractivity contribution in [3.63, 3.8) is 0 Å². The van der Waals surface area contributed by atoms with Gasteiger partial charge in [0.2, 0.25) is 0 Å². The molecule has 0 amide bonds. The van der Waals surface area contributed by atoms with Gasteiger partial charge in [-0.1, -0.05) is 0 Å². The van der Waals surface area contributed by atoms with E-state index >= 15 is 0 Å². The summed E-state index contributed by atoms with van der Waals surface area (Å²) in [6, 6.07) is 4.08. The van der Waals surface area contributed by atoms with Crippen molar-refractivity contribution in [1.82, 2.24) is 5.32 Å². The van der Waals surface area contributed by atoms with Gasteiger partial charge in [-0.25, -0.2) is 0 Å². The smallest absolute Gasteiger partial charge is 0.114 e. The third-order valence-corrected chi connectivity index (χ3v) is 3.88. The van der Waals surface area contributed by atoms with Crippen molar-refractivity contribution in [1.29, 1.82) is 0 Å². The van der Waals surface area contributed by atoms with Crippen LogP contribution in [0.1, 0.15) is 25.0 Å². The Balaban J connectivity index is 1.70. The number of hydrogen-bond acceptors (Lipinski definition) is 3. The molecule has 0 aromatic carbocycles. The molecule has 0 aliphatic carbocycles. The fourth-order valence-corrected chi connectivity index (χ4v) is 2.94. The van der Waals surface area contributed by atoms with Crippen molar-refractivity contribution in [3.05, 3.63) is 24.2 Å². The monoisotopic (exact) mass is 221 g/mol. The summed E-state index contributed by atoms with van der Waals surface area (Å²) < 4.78 is 11.0. The highest BCUT2D eigenvalue weighted by molar-refractivity contribution is 5.18. The van der Waals surface area contributed by atoms with E-state index < -0.39 is 0 Å². The average molecular weight is 221 g/mol. The Labute approximate surface area is 96.2 Å². The van der Waals surface area contributed by atoms with Crippen LogP contribution < -0.4 is 5.32 Å². The Morgan fingerprint density at radius 1 is 1.44 bits per heavy atom. The van der Waals surface area contributed by atoms with Crippen LogP contribution in [0.15, 0.2) is 22.8 Å². The molecule has 1 aromatic heterocycles. The first-order valence-electron chi connectivity index (χ1n) is 6.22. The van der Waals surface area contributed by atoms with Crippen LogP contribution in [0.5, 0.6) is 0 Å². The molecule has 88 valence electrons. The van der Waals surface area contributed by atoms with E-state index in [1.807, 2.05) is 6.07 Å². The van der Waals surface area contributed by atoms with E-state index in [0.717, 1.165) is 31.4 Å². The molecule has 1 N–H and O–H groups in total. The Morgan fingerprint density at radius 2 is 2.38 bits per heavy atom. The number of furan rings is 1. The molecule has 3 heteroatoms. The van der Waals surface area contributed by atoms with Crippen LogP contribution in [0, 0.1) is 5.92 Å². The number of hydrogen-bond donors (Lipinski definition) is 1. The summed E-state index contributed by atoms with van der Waals surface area (Å²) in [4.78, 5) is 0. The van der Waals surface area contributed by atoms with Gasteiger partial charge < -0.3 is 14.5 Å². The molecule has 1 unspecified atom stereocenters. The molecule has 0 saturated carbocycles. The third kappa shape index (κ3) is 1.78. The van der Waals surface area contributed by atoms with Crippen LogP contribution >= 0.6 is 0 Å². The minimum atomic E-state index is 0.174. The van der Waals surface area contributed by atoms with Crippen molar-refractivity contribution >= 4 is 0 Å². The Kier molecular flexibility index (Phi) is 2.74.